The molecular formula is C28H36Br2F12N6S2. The molecule has 0 aliphatic carbocycles. The normalized spacial score (nSPS) is 12.4. The molecule has 0 amide bonds. The van der Waals surface area contributed by atoms with E-state index in [4.69, 9.17) is 24.4 Å². The van der Waals surface area contributed by atoms with E-state index in [-0.39, 0.29) is 67.7 Å². The number of likely N-dealkylation sites (N-methyl/N-ethyl adjacent to an activating group) is 2. The van der Waals surface area contributed by atoms with Crippen molar-refractivity contribution in [2.24, 2.45) is 0 Å². The summed E-state index contributed by atoms with van der Waals surface area (Å²) in [6.45, 7) is 2.16. The van der Waals surface area contributed by atoms with Gasteiger partial charge in [-0.25, -0.2) is 0 Å². The number of benzene rings is 2. The molecule has 0 unspecified atom stereocenters. The molecule has 2 rings (SSSR count). The van der Waals surface area contributed by atoms with E-state index in [0.29, 0.717) is 59.4 Å². The van der Waals surface area contributed by atoms with Crippen molar-refractivity contribution < 1.29 is 95.6 Å². The van der Waals surface area contributed by atoms with Crippen LogP contribution < -0.4 is 55.2 Å². The van der Waals surface area contributed by atoms with Crippen LogP contribution in [0.15, 0.2) is 36.4 Å². The lowest BCUT2D eigenvalue weighted by atomic mass is 10.1. The maximum absolute atomic E-state index is 12.8. The summed E-state index contributed by atoms with van der Waals surface area (Å²) < 4.78 is 154. The quantitative estimate of drug-likeness (QED) is 0.183. The number of alkyl halides is 12. The van der Waals surface area contributed by atoms with E-state index < -0.39 is 47.0 Å². The Labute approximate surface area is 313 Å². The predicted octanol–water partition coefficient (Wildman–Crippen LogP) is 1.44. The van der Waals surface area contributed by atoms with E-state index in [0.717, 1.165) is 0 Å². The Morgan fingerprint density at radius 3 is 0.880 bits per heavy atom. The van der Waals surface area contributed by atoms with Crippen LogP contribution in [0.3, 0.4) is 0 Å². The number of halogens is 14. The Morgan fingerprint density at radius 2 is 0.700 bits per heavy atom. The molecule has 0 saturated heterocycles. The highest BCUT2D eigenvalue weighted by Crippen LogP contribution is 2.38. The minimum Gasteiger partial charge on any atom is -1.00 e. The van der Waals surface area contributed by atoms with E-state index in [9.17, 15) is 52.7 Å². The molecule has 0 saturated carbocycles. The second kappa shape index (κ2) is 19.1. The van der Waals surface area contributed by atoms with Gasteiger partial charge in [-0.15, -0.1) is 0 Å². The Kier molecular flexibility index (Phi) is 19.1. The summed E-state index contributed by atoms with van der Waals surface area (Å²) in [4.78, 5) is 0. The van der Waals surface area contributed by atoms with Gasteiger partial charge < -0.3 is 64.2 Å². The number of anilines is 2. The van der Waals surface area contributed by atoms with Gasteiger partial charge in [-0.2, -0.15) is 52.7 Å². The molecule has 0 heterocycles. The molecule has 2 aromatic carbocycles. The van der Waals surface area contributed by atoms with Crippen LogP contribution in [0.2, 0.25) is 0 Å². The lowest BCUT2D eigenvalue weighted by Gasteiger charge is -2.24. The Morgan fingerprint density at radius 1 is 0.480 bits per heavy atom. The molecule has 22 heteroatoms. The van der Waals surface area contributed by atoms with Crippen LogP contribution in [0.4, 0.5) is 64.1 Å². The lowest BCUT2D eigenvalue weighted by Crippen LogP contribution is -3.00. The van der Waals surface area contributed by atoms with Crippen molar-refractivity contribution in [3.63, 3.8) is 0 Å². The predicted molar refractivity (Wildman–Crippen MR) is 167 cm³/mol. The summed E-state index contributed by atoms with van der Waals surface area (Å²) >= 11 is 9.81. The topological polar surface area (TPSA) is 48.1 Å². The van der Waals surface area contributed by atoms with Gasteiger partial charge >= 0.3 is 24.7 Å². The Hall–Kier alpha value is -2.14. The van der Waals surface area contributed by atoms with Gasteiger partial charge in [0.25, 0.3) is 0 Å². The van der Waals surface area contributed by atoms with E-state index in [1.54, 1.807) is 0 Å². The first-order valence-electron chi connectivity index (χ1n) is 13.7. The highest BCUT2D eigenvalue weighted by atomic mass is 79.9. The zero-order valence-electron chi connectivity index (χ0n) is 27.3. The molecule has 50 heavy (non-hydrogen) atoms. The first-order valence-corrected chi connectivity index (χ1v) is 14.5. The molecule has 0 fully saturated rings. The van der Waals surface area contributed by atoms with Crippen molar-refractivity contribution in [3.8, 4) is 0 Å². The van der Waals surface area contributed by atoms with Gasteiger partial charge in [0.15, 0.2) is 10.2 Å². The largest absolute Gasteiger partial charge is 1.00 e. The molecule has 2 aromatic rings. The average molecular weight is 909 g/mol. The minimum atomic E-state index is -4.89. The molecule has 0 aliphatic heterocycles. The molecule has 4 N–H and O–H groups in total. The van der Waals surface area contributed by atoms with Gasteiger partial charge in [0.1, 0.15) is 0 Å². The summed E-state index contributed by atoms with van der Waals surface area (Å²) in [5.74, 6) is 0. The average Bonchev–Trinajstić information content (AvgIpc) is 2.85. The van der Waals surface area contributed by atoms with Crippen molar-refractivity contribution in [2.75, 3.05) is 79.1 Å². The smallest absolute Gasteiger partial charge is 0.416 e. The molecule has 0 spiro atoms. The first kappa shape index (κ1) is 50.0. The third kappa shape index (κ3) is 20.0. The van der Waals surface area contributed by atoms with Crippen LogP contribution in [-0.2, 0) is 24.7 Å². The summed E-state index contributed by atoms with van der Waals surface area (Å²) in [5, 5.41) is 10.1. The SMILES string of the molecule is C[N+](C)(C)CCNC(=S)Nc1cc(C(F)(F)F)cc(C(F)(F)F)c1.C[N+](C)(C)CCNC(=S)Nc1cc(C(F)(F)F)cc(C(F)(F)F)c1.[Br-].[Br-]. The fourth-order valence-corrected chi connectivity index (χ4v) is 3.85. The van der Waals surface area contributed by atoms with E-state index in [1.165, 1.54) is 0 Å². The number of nitrogens with zero attached hydrogens (tertiary/aromatic N) is 2. The molecular weight excluding hydrogens is 872 g/mol. The monoisotopic (exact) mass is 906 g/mol. The second-order valence-corrected chi connectivity index (χ2v) is 13.2. The minimum absolute atomic E-state index is 0. The fourth-order valence-electron chi connectivity index (χ4n) is 3.41. The molecule has 0 atom stereocenters. The summed E-state index contributed by atoms with van der Waals surface area (Å²) in [6, 6.07) is 2.48. The third-order valence-electron chi connectivity index (χ3n) is 5.83. The molecule has 0 radical (unpaired) electrons. The molecule has 6 nitrogen and oxygen atoms in total. The highest BCUT2D eigenvalue weighted by molar-refractivity contribution is 7.80. The van der Waals surface area contributed by atoms with Gasteiger partial charge in [0.2, 0.25) is 0 Å². The van der Waals surface area contributed by atoms with Crippen LogP contribution >= 0.6 is 24.4 Å². The maximum Gasteiger partial charge on any atom is 0.416 e. The number of rotatable bonds is 8. The third-order valence-corrected chi connectivity index (χ3v) is 6.32. The van der Waals surface area contributed by atoms with Crippen LogP contribution in [0, 0.1) is 0 Å². The van der Waals surface area contributed by atoms with Gasteiger partial charge in [-0.05, 0) is 60.8 Å². The summed E-state index contributed by atoms with van der Waals surface area (Å²) in [7, 11) is 11.6. The van der Waals surface area contributed by atoms with E-state index >= 15 is 0 Å². The van der Waals surface area contributed by atoms with Gasteiger partial charge in [0.05, 0.1) is 90.7 Å². The van der Waals surface area contributed by atoms with Crippen molar-refractivity contribution >= 4 is 46.0 Å². The summed E-state index contributed by atoms with van der Waals surface area (Å²) in [6.07, 6.45) is -19.6. The number of hydrogen-bond donors (Lipinski definition) is 4. The number of hydrogen-bond acceptors (Lipinski definition) is 2. The molecule has 0 bridgehead atoms. The lowest BCUT2D eigenvalue weighted by molar-refractivity contribution is -0.869. The maximum atomic E-state index is 12.8. The highest BCUT2D eigenvalue weighted by Gasteiger charge is 2.38. The molecule has 288 valence electrons. The van der Waals surface area contributed by atoms with Crippen LogP contribution in [0.25, 0.3) is 0 Å². The summed E-state index contributed by atoms with van der Waals surface area (Å²) in [5.41, 5.74) is -6.33. The second-order valence-electron chi connectivity index (χ2n) is 12.4. The van der Waals surface area contributed by atoms with Crippen molar-refractivity contribution in [2.45, 2.75) is 24.7 Å². The standard InChI is InChI=1S/2C14H17F6N3S.2BrH/c2*1-23(2,3)5-4-21-12(24)22-11-7-9(13(15,16)17)6-10(8-11)14(18,19)20;;/h2*6-8H,4-5H2,1-3H3,(H-,21,22,24);2*1H. The van der Waals surface area contributed by atoms with Crippen LogP contribution in [0.5, 0.6) is 0 Å². The Bertz CT molecular complexity index is 1230. The zero-order chi connectivity index (χ0) is 37.5. The van der Waals surface area contributed by atoms with Crippen LogP contribution in [0.1, 0.15) is 22.3 Å². The number of quaternary nitrogens is 2. The first-order chi connectivity index (χ1) is 21.4. The van der Waals surface area contributed by atoms with E-state index in [2.05, 4.69) is 21.3 Å². The number of nitrogens with one attached hydrogen (secondary N) is 4. The number of thiocarbonyl (C=S) groups is 2. The van der Waals surface area contributed by atoms with Crippen molar-refractivity contribution in [1.82, 2.24) is 10.6 Å². The zero-order valence-corrected chi connectivity index (χ0v) is 32.1. The van der Waals surface area contributed by atoms with Gasteiger partial charge in [-0.1, -0.05) is 0 Å². The molecule has 0 aliphatic rings. The van der Waals surface area contributed by atoms with Crippen molar-refractivity contribution in [3.05, 3.63) is 58.7 Å². The van der Waals surface area contributed by atoms with Crippen LogP contribution in [-0.4, -0.2) is 87.7 Å². The fraction of sp³-hybridized carbons (Fsp3) is 0.500. The van der Waals surface area contributed by atoms with Gasteiger partial charge in [0, 0.05) is 11.4 Å². The van der Waals surface area contributed by atoms with E-state index in [1.807, 2.05) is 42.3 Å². The van der Waals surface area contributed by atoms with Crippen molar-refractivity contribution in [1.29, 1.82) is 0 Å². The molecule has 0 aromatic heterocycles. The van der Waals surface area contributed by atoms with Gasteiger partial charge in [-0.3, -0.25) is 0 Å². The Balaban J connectivity index is 0.